The lowest BCUT2D eigenvalue weighted by atomic mass is 9.77. The summed E-state index contributed by atoms with van der Waals surface area (Å²) >= 11 is 0. The third-order valence-corrected chi connectivity index (χ3v) is 7.55. The fourth-order valence-corrected chi connectivity index (χ4v) is 5.53. The van der Waals surface area contributed by atoms with Crippen molar-refractivity contribution in [2.24, 2.45) is 11.0 Å². The Morgan fingerprint density at radius 2 is 1.57 bits per heavy atom. The van der Waals surface area contributed by atoms with Crippen LogP contribution in [-0.2, 0) is 20.8 Å². The first-order valence-electron chi connectivity index (χ1n) is 14.3. The molecule has 3 aromatic rings. The molecular formula is C32H35N5O5. The number of nitrogens with zero attached hydrogens (tertiary/aromatic N) is 5. The van der Waals surface area contributed by atoms with Crippen LogP contribution in [0.25, 0.3) is 6.08 Å². The minimum atomic E-state index is -0.810. The number of benzene rings is 2. The number of carbonyl (C=O) groups is 3. The van der Waals surface area contributed by atoms with Gasteiger partial charge >= 0.3 is 11.9 Å². The Kier molecular flexibility index (Phi) is 8.61. The van der Waals surface area contributed by atoms with Crippen LogP contribution >= 0.6 is 0 Å². The summed E-state index contributed by atoms with van der Waals surface area (Å²) in [5.41, 5.74) is 5.87. The summed E-state index contributed by atoms with van der Waals surface area (Å²) < 4.78 is 11.3. The second kappa shape index (κ2) is 12.5. The molecule has 42 heavy (non-hydrogen) atoms. The van der Waals surface area contributed by atoms with Crippen molar-refractivity contribution in [1.29, 1.82) is 0 Å². The van der Waals surface area contributed by atoms with Gasteiger partial charge in [0.1, 0.15) is 6.54 Å². The van der Waals surface area contributed by atoms with E-state index in [2.05, 4.69) is 47.6 Å². The van der Waals surface area contributed by atoms with Gasteiger partial charge in [0.25, 0.3) is 5.91 Å². The van der Waals surface area contributed by atoms with Crippen LogP contribution in [0.15, 0.2) is 59.2 Å². The van der Waals surface area contributed by atoms with Crippen LogP contribution in [-0.4, -0.2) is 56.8 Å². The molecule has 0 saturated heterocycles. The number of hydrogen-bond acceptors (Lipinski definition) is 8. The molecule has 2 heterocycles. The zero-order valence-electron chi connectivity index (χ0n) is 24.4. The number of aryl methyl sites for hydroxylation is 2. The lowest BCUT2D eigenvalue weighted by Crippen LogP contribution is -2.34. The molecule has 5 rings (SSSR count). The molecule has 1 aromatic heterocycles. The van der Waals surface area contributed by atoms with Crippen molar-refractivity contribution >= 4 is 29.6 Å². The summed E-state index contributed by atoms with van der Waals surface area (Å²) in [7, 11) is 0. The Morgan fingerprint density at radius 3 is 2.24 bits per heavy atom. The minimum absolute atomic E-state index is 0.0115. The van der Waals surface area contributed by atoms with Gasteiger partial charge in [-0.3, -0.25) is 4.79 Å². The number of aromatic nitrogens is 3. The van der Waals surface area contributed by atoms with E-state index in [1.165, 1.54) is 10.6 Å². The van der Waals surface area contributed by atoms with Crippen LogP contribution in [0.5, 0.6) is 0 Å². The number of fused-ring (bicyclic) bond motifs is 1. The van der Waals surface area contributed by atoms with Crippen LogP contribution < -0.4 is 0 Å². The number of rotatable bonds is 8. The second-order valence-corrected chi connectivity index (χ2v) is 10.5. The highest BCUT2D eigenvalue weighted by Crippen LogP contribution is 2.44. The van der Waals surface area contributed by atoms with Crippen molar-refractivity contribution in [3.05, 3.63) is 87.7 Å². The van der Waals surface area contributed by atoms with Crippen molar-refractivity contribution in [3.8, 4) is 0 Å². The van der Waals surface area contributed by atoms with Crippen LogP contribution in [0.1, 0.15) is 82.4 Å². The molecular weight excluding hydrogens is 534 g/mol. The molecule has 10 nitrogen and oxygen atoms in total. The van der Waals surface area contributed by atoms with Gasteiger partial charge in [0.05, 0.1) is 25.0 Å². The Labute approximate surface area is 245 Å². The molecule has 2 atom stereocenters. The number of ether oxygens (including phenoxy) is 2. The van der Waals surface area contributed by atoms with Crippen molar-refractivity contribution < 1.29 is 23.9 Å². The molecule has 0 N–H and O–H groups in total. The average Bonchev–Trinajstić information content (AvgIpc) is 3.58. The van der Waals surface area contributed by atoms with Gasteiger partial charge in [0.15, 0.2) is 5.69 Å². The summed E-state index contributed by atoms with van der Waals surface area (Å²) in [5.74, 6) is -1.99. The number of hydrazone groups is 1. The molecule has 1 aliphatic carbocycles. The summed E-state index contributed by atoms with van der Waals surface area (Å²) in [6.45, 7) is 7.19. The monoisotopic (exact) mass is 569 g/mol. The third-order valence-electron chi connectivity index (χ3n) is 7.55. The lowest BCUT2D eigenvalue weighted by Gasteiger charge is -2.29. The van der Waals surface area contributed by atoms with E-state index in [-0.39, 0.29) is 49.0 Å². The fourth-order valence-electron chi connectivity index (χ4n) is 5.53. The average molecular weight is 570 g/mol. The van der Waals surface area contributed by atoms with E-state index in [0.717, 1.165) is 51.9 Å². The molecule has 1 aliphatic heterocycles. The lowest BCUT2D eigenvalue weighted by molar-refractivity contribution is -0.134. The van der Waals surface area contributed by atoms with Gasteiger partial charge in [-0.05, 0) is 69.7 Å². The smallest absolute Gasteiger partial charge is 0.361 e. The van der Waals surface area contributed by atoms with E-state index in [0.29, 0.717) is 0 Å². The van der Waals surface area contributed by atoms with Gasteiger partial charge in [-0.25, -0.2) is 19.3 Å². The molecule has 218 valence electrons. The van der Waals surface area contributed by atoms with Gasteiger partial charge in [-0.1, -0.05) is 64.9 Å². The van der Waals surface area contributed by atoms with E-state index in [1.807, 2.05) is 31.2 Å². The molecule has 1 fully saturated rings. The molecule has 1 amide bonds. The number of esters is 2. The van der Waals surface area contributed by atoms with E-state index in [1.54, 1.807) is 13.8 Å². The summed E-state index contributed by atoms with van der Waals surface area (Å²) in [6.07, 6.45) is 4.89. The number of hydrogen-bond donors (Lipinski definition) is 0. The summed E-state index contributed by atoms with van der Waals surface area (Å²) in [5, 5.41) is 14.3. The van der Waals surface area contributed by atoms with Gasteiger partial charge < -0.3 is 9.47 Å². The standard InChI is InChI=1S/C32H35N5O5/c1-5-41-31(39)28-30(32(40)42-6-2)36(35-33-28)19-26(38)37-29(23-16-12-21(4)13-17-23)25-9-7-8-24(27(25)34-37)18-22-14-10-20(3)11-15-22/h10-18,25,29H,5-9,19H2,1-4H3/b24-18+/t25-,29+/m1/s1. The maximum absolute atomic E-state index is 14.0. The van der Waals surface area contributed by atoms with Gasteiger partial charge in [-0.15, -0.1) is 5.10 Å². The molecule has 0 bridgehead atoms. The highest BCUT2D eigenvalue weighted by atomic mass is 16.5. The third kappa shape index (κ3) is 5.88. The second-order valence-electron chi connectivity index (χ2n) is 10.5. The highest BCUT2D eigenvalue weighted by Gasteiger charge is 2.44. The number of allylic oxidation sites excluding steroid dienone is 1. The maximum Gasteiger partial charge on any atom is 0.361 e. The Hall–Kier alpha value is -4.60. The van der Waals surface area contributed by atoms with Crippen LogP contribution in [0.2, 0.25) is 0 Å². The van der Waals surface area contributed by atoms with E-state index in [4.69, 9.17) is 14.6 Å². The molecule has 2 aliphatic rings. The largest absolute Gasteiger partial charge is 0.461 e. The first-order valence-corrected chi connectivity index (χ1v) is 14.3. The first kappa shape index (κ1) is 28.9. The molecule has 2 aromatic carbocycles. The van der Waals surface area contributed by atoms with E-state index < -0.39 is 11.9 Å². The number of amides is 1. The van der Waals surface area contributed by atoms with Crippen molar-refractivity contribution in [1.82, 2.24) is 20.0 Å². The zero-order chi connectivity index (χ0) is 29.8. The normalized spacial score (nSPS) is 18.9. The van der Waals surface area contributed by atoms with Gasteiger partial charge in [0.2, 0.25) is 5.69 Å². The topological polar surface area (TPSA) is 116 Å². The predicted octanol–water partition coefficient (Wildman–Crippen LogP) is 5.07. The summed E-state index contributed by atoms with van der Waals surface area (Å²) in [6, 6.07) is 16.1. The summed E-state index contributed by atoms with van der Waals surface area (Å²) in [4.78, 5) is 39.3. The van der Waals surface area contributed by atoms with Crippen LogP contribution in [0.3, 0.4) is 0 Å². The Bertz CT molecular complexity index is 1540. The quantitative estimate of drug-likeness (QED) is 0.348. The van der Waals surface area contributed by atoms with E-state index >= 15 is 0 Å². The van der Waals surface area contributed by atoms with Gasteiger partial charge in [-0.2, -0.15) is 5.10 Å². The Balaban J connectivity index is 1.52. The molecule has 0 radical (unpaired) electrons. The molecule has 10 heteroatoms. The SMILES string of the molecule is CCOC(=O)c1nnn(CC(=O)N2N=C3/C(=C/c4ccc(C)cc4)CCC[C@H]3[C@@H]2c2ccc(C)cc2)c1C(=O)OCC. The minimum Gasteiger partial charge on any atom is -0.461 e. The predicted molar refractivity (Wildman–Crippen MR) is 157 cm³/mol. The van der Waals surface area contributed by atoms with E-state index in [9.17, 15) is 14.4 Å². The maximum atomic E-state index is 14.0. The molecule has 0 unspecified atom stereocenters. The van der Waals surface area contributed by atoms with Crippen molar-refractivity contribution in [2.45, 2.75) is 59.5 Å². The van der Waals surface area contributed by atoms with Crippen molar-refractivity contribution in [2.75, 3.05) is 13.2 Å². The van der Waals surface area contributed by atoms with Gasteiger partial charge in [0, 0.05) is 5.92 Å². The number of carbonyl (C=O) groups excluding carboxylic acids is 3. The van der Waals surface area contributed by atoms with Crippen LogP contribution in [0, 0.1) is 19.8 Å². The van der Waals surface area contributed by atoms with Crippen LogP contribution in [0.4, 0.5) is 0 Å². The Morgan fingerprint density at radius 1 is 0.929 bits per heavy atom. The molecule has 1 saturated carbocycles. The molecule has 0 spiro atoms. The fraction of sp³-hybridized carbons (Fsp3) is 0.375. The van der Waals surface area contributed by atoms with Crippen molar-refractivity contribution in [3.63, 3.8) is 0 Å². The zero-order valence-corrected chi connectivity index (χ0v) is 24.4. The highest BCUT2D eigenvalue weighted by molar-refractivity contribution is 6.08. The first-order chi connectivity index (χ1) is 20.3.